The summed E-state index contributed by atoms with van der Waals surface area (Å²) in [6.45, 7) is 3.55. The predicted molar refractivity (Wildman–Crippen MR) is 82.9 cm³/mol. The zero-order chi connectivity index (χ0) is 17.1. The number of hydrogen-bond acceptors (Lipinski definition) is 6. The first-order valence-electron chi connectivity index (χ1n) is 7.86. The topological polar surface area (TPSA) is 104 Å². The fourth-order valence-electron chi connectivity index (χ4n) is 3.22. The second-order valence-electron chi connectivity index (χ2n) is 6.93. The number of nitrogens with one attached hydrogen (secondary N) is 1. The highest BCUT2D eigenvalue weighted by Gasteiger charge is 2.53. The Kier molecular flexibility index (Phi) is 3.09. The van der Waals surface area contributed by atoms with Crippen molar-refractivity contribution in [3.63, 3.8) is 0 Å². The maximum absolute atomic E-state index is 11.5. The van der Waals surface area contributed by atoms with Crippen LogP contribution in [-0.4, -0.2) is 28.6 Å². The van der Waals surface area contributed by atoms with E-state index in [0.29, 0.717) is 29.2 Å². The van der Waals surface area contributed by atoms with Crippen LogP contribution in [0.2, 0.25) is 0 Å². The van der Waals surface area contributed by atoms with Crippen molar-refractivity contribution >= 4 is 11.8 Å². The summed E-state index contributed by atoms with van der Waals surface area (Å²) in [5, 5.41) is 23.8. The molecule has 4 atom stereocenters. The quantitative estimate of drug-likeness (QED) is 0.807. The molecule has 1 aromatic rings. The third-order valence-corrected chi connectivity index (χ3v) is 4.79. The fourth-order valence-corrected chi connectivity index (χ4v) is 3.22. The van der Waals surface area contributed by atoms with Crippen molar-refractivity contribution < 1.29 is 19.4 Å². The molecule has 4 rings (SSSR count). The van der Waals surface area contributed by atoms with E-state index in [4.69, 9.17) is 14.7 Å². The van der Waals surface area contributed by atoms with Gasteiger partial charge in [-0.25, -0.2) is 5.43 Å². The lowest BCUT2D eigenvalue weighted by atomic mass is 9.87. The molecular weight excluding hydrogens is 310 g/mol. The van der Waals surface area contributed by atoms with E-state index in [1.165, 1.54) is 0 Å². The van der Waals surface area contributed by atoms with Crippen LogP contribution in [0.15, 0.2) is 23.3 Å². The number of carbonyl (C=O) groups excluding carboxylic acids is 1. The number of rotatable bonds is 1. The molecule has 1 fully saturated rings. The lowest BCUT2D eigenvalue weighted by Gasteiger charge is -2.42. The van der Waals surface area contributed by atoms with Gasteiger partial charge in [0.2, 0.25) is 11.8 Å². The van der Waals surface area contributed by atoms with Gasteiger partial charge < -0.3 is 14.6 Å². The van der Waals surface area contributed by atoms with Gasteiger partial charge in [-0.2, -0.15) is 5.26 Å². The number of benzene rings is 1. The Labute approximate surface area is 138 Å². The molecule has 7 heteroatoms. The number of amides is 1. The minimum atomic E-state index is -0.948. The van der Waals surface area contributed by atoms with E-state index in [2.05, 4.69) is 16.6 Å². The van der Waals surface area contributed by atoms with E-state index in [1.54, 1.807) is 32.0 Å². The molecule has 0 saturated heterocycles. The Morgan fingerprint density at radius 2 is 2.25 bits per heavy atom. The van der Waals surface area contributed by atoms with Gasteiger partial charge in [-0.15, -0.1) is 5.10 Å². The molecule has 1 aromatic carbocycles. The largest absolute Gasteiger partial charge is 0.485 e. The molecule has 2 N–H and O–H groups in total. The minimum Gasteiger partial charge on any atom is -0.485 e. The first kappa shape index (κ1) is 15.0. The molecule has 0 bridgehead atoms. The van der Waals surface area contributed by atoms with Gasteiger partial charge in [0, 0.05) is 11.5 Å². The zero-order valence-electron chi connectivity index (χ0n) is 13.3. The maximum Gasteiger partial charge on any atom is 0.244 e. The first-order chi connectivity index (χ1) is 11.4. The van der Waals surface area contributed by atoms with Crippen LogP contribution in [0.1, 0.15) is 37.5 Å². The molecule has 1 aliphatic carbocycles. The molecular formula is C17H17N3O4. The number of ether oxygens (including phenoxy) is 2. The van der Waals surface area contributed by atoms with Crippen LogP contribution >= 0.6 is 0 Å². The molecule has 3 aliphatic rings. The predicted octanol–water partition coefficient (Wildman–Crippen LogP) is 1.23. The van der Waals surface area contributed by atoms with Crippen molar-refractivity contribution in [2.75, 3.05) is 0 Å². The minimum absolute atomic E-state index is 0.0282. The number of aliphatic hydroxyl groups is 1. The Bertz CT molecular complexity index is 796. The second kappa shape index (κ2) is 4.95. The number of hydrogen-bond donors (Lipinski definition) is 2. The summed E-state index contributed by atoms with van der Waals surface area (Å²) in [4.78, 5) is 11.5. The summed E-state index contributed by atoms with van der Waals surface area (Å²) < 4.78 is 11.9. The summed E-state index contributed by atoms with van der Waals surface area (Å²) in [5.41, 5.74) is 2.67. The van der Waals surface area contributed by atoms with E-state index >= 15 is 0 Å². The third kappa shape index (κ3) is 2.22. The number of carbonyl (C=O) groups is 1. The van der Waals surface area contributed by atoms with Crippen LogP contribution < -0.4 is 10.2 Å². The second-order valence-corrected chi connectivity index (χ2v) is 6.93. The van der Waals surface area contributed by atoms with E-state index < -0.39 is 17.8 Å². The average Bonchev–Trinajstić information content (AvgIpc) is 3.35. The molecule has 0 aromatic heterocycles. The third-order valence-electron chi connectivity index (χ3n) is 4.79. The highest BCUT2D eigenvalue weighted by atomic mass is 16.5. The Balaban J connectivity index is 1.71. The van der Waals surface area contributed by atoms with E-state index in [0.717, 1.165) is 0 Å². The van der Waals surface area contributed by atoms with Crippen molar-refractivity contribution in [3.8, 4) is 11.8 Å². The average molecular weight is 327 g/mol. The van der Waals surface area contributed by atoms with Gasteiger partial charge in [-0.1, -0.05) is 0 Å². The number of nitriles is 1. The van der Waals surface area contributed by atoms with Gasteiger partial charge in [-0.05, 0) is 38.5 Å². The van der Waals surface area contributed by atoms with Crippen LogP contribution in [0.25, 0.3) is 0 Å². The summed E-state index contributed by atoms with van der Waals surface area (Å²) in [6.07, 6.45) is -0.957. The Morgan fingerprint density at radius 3 is 3.00 bits per heavy atom. The molecule has 2 aliphatic heterocycles. The Hall–Kier alpha value is -2.59. The lowest BCUT2D eigenvalue weighted by molar-refractivity contribution is -0.123. The molecule has 2 unspecified atom stereocenters. The smallest absolute Gasteiger partial charge is 0.244 e. The van der Waals surface area contributed by atoms with Crippen molar-refractivity contribution in [1.29, 1.82) is 5.26 Å². The molecule has 2 heterocycles. The number of nitrogens with zero attached hydrogens (tertiary/aromatic N) is 2. The highest BCUT2D eigenvalue weighted by molar-refractivity contribution is 5.96. The summed E-state index contributed by atoms with van der Waals surface area (Å²) in [5.74, 6) is 0.788. The van der Waals surface area contributed by atoms with Crippen LogP contribution in [-0.2, 0) is 9.53 Å². The van der Waals surface area contributed by atoms with E-state index in [9.17, 15) is 9.90 Å². The molecule has 1 amide bonds. The highest BCUT2D eigenvalue weighted by Crippen LogP contribution is 2.46. The molecule has 1 saturated carbocycles. The molecule has 0 radical (unpaired) electrons. The number of fused-ring (bicyclic) bond motifs is 2. The summed E-state index contributed by atoms with van der Waals surface area (Å²) in [7, 11) is 0. The molecule has 124 valence electrons. The van der Waals surface area contributed by atoms with Gasteiger partial charge in [0.1, 0.15) is 17.5 Å². The molecule has 7 nitrogen and oxygen atoms in total. The molecule has 0 spiro atoms. The Morgan fingerprint density at radius 1 is 1.46 bits per heavy atom. The maximum atomic E-state index is 11.5. The van der Waals surface area contributed by atoms with Gasteiger partial charge in [-0.3, -0.25) is 4.79 Å². The van der Waals surface area contributed by atoms with E-state index in [-0.39, 0.29) is 17.7 Å². The first-order valence-corrected chi connectivity index (χ1v) is 7.86. The van der Waals surface area contributed by atoms with Crippen molar-refractivity contribution in [2.24, 2.45) is 16.9 Å². The SMILES string of the molecule is CC1(C)Oc2ccc(C#N)cc2[C@@H](OC2=NNC(=O)C3CC23)[C@@H]1O. The van der Waals surface area contributed by atoms with Gasteiger partial charge >= 0.3 is 0 Å². The summed E-state index contributed by atoms with van der Waals surface area (Å²) >= 11 is 0. The van der Waals surface area contributed by atoms with Crippen LogP contribution in [0.5, 0.6) is 5.75 Å². The van der Waals surface area contributed by atoms with Crippen molar-refractivity contribution in [2.45, 2.75) is 38.1 Å². The van der Waals surface area contributed by atoms with E-state index in [1.807, 2.05) is 0 Å². The lowest BCUT2D eigenvalue weighted by Crippen LogP contribution is -2.50. The zero-order valence-corrected chi connectivity index (χ0v) is 13.3. The monoisotopic (exact) mass is 327 g/mol. The normalized spacial score (nSPS) is 32.2. The van der Waals surface area contributed by atoms with Crippen LogP contribution in [0, 0.1) is 23.2 Å². The van der Waals surface area contributed by atoms with Gasteiger partial charge in [0.15, 0.2) is 6.10 Å². The number of aliphatic hydroxyl groups excluding tert-OH is 1. The number of hydrazone groups is 1. The fraction of sp³-hybridized carbons (Fsp3) is 0.471. The summed E-state index contributed by atoms with van der Waals surface area (Å²) in [6, 6.07) is 7.11. The standard InChI is InChI=1S/C17H17N3O4/c1-17(2)14(21)13(11-5-8(7-18)3-4-12(11)24-17)23-16-10-6-9(10)15(22)19-20-16/h3-5,9-10,13-14,21H,6H2,1-2H3,(H,19,22)/t9?,10?,13-,14+/m1/s1. The molecule has 24 heavy (non-hydrogen) atoms. The van der Waals surface area contributed by atoms with Gasteiger partial charge in [0.05, 0.1) is 17.6 Å². The van der Waals surface area contributed by atoms with Crippen LogP contribution in [0.4, 0.5) is 0 Å². The van der Waals surface area contributed by atoms with Crippen molar-refractivity contribution in [3.05, 3.63) is 29.3 Å². The van der Waals surface area contributed by atoms with Gasteiger partial charge in [0.25, 0.3) is 0 Å². The van der Waals surface area contributed by atoms with Crippen molar-refractivity contribution in [1.82, 2.24) is 5.43 Å². The van der Waals surface area contributed by atoms with Crippen LogP contribution in [0.3, 0.4) is 0 Å².